The van der Waals surface area contributed by atoms with Gasteiger partial charge in [-0.25, -0.2) is 0 Å². The van der Waals surface area contributed by atoms with E-state index in [2.05, 4.69) is 4.98 Å². The molecule has 0 saturated carbocycles. The van der Waals surface area contributed by atoms with Crippen LogP contribution >= 0.6 is 0 Å². The highest BCUT2D eigenvalue weighted by molar-refractivity contribution is 5.68. The van der Waals surface area contributed by atoms with Crippen molar-refractivity contribution in [2.24, 2.45) is 5.73 Å². The topological polar surface area (TPSA) is 105 Å². The number of nitrogens with two attached hydrogens (primary N) is 2. The number of nitrogen functional groups attached to an aromatic ring is 1. The number of rotatable bonds is 3. The second-order valence-electron chi connectivity index (χ2n) is 2.59. The first kappa shape index (κ1) is 8.61. The van der Waals surface area contributed by atoms with E-state index in [9.17, 15) is 4.79 Å². The second kappa shape index (κ2) is 3.27. The van der Waals surface area contributed by atoms with Gasteiger partial charge in [0.1, 0.15) is 5.82 Å². The number of aromatic amines is 1. The Labute approximate surface area is 69.4 Å². The molecule has 12 heavy (non-hydrogen) atoms. The van der Waals surface area contributed by atoms with Crippen LogP contribution in [-0.2, 0) is 4.79 Å². The standard InChI is InChI=1S/C7H11N3O2/c8-5(2-7(11)12)4-1-6(9)10-3-4/h1,3,5,10H,2,8-9H2,(H,11,12)/t5-/m0/s1. The minimum Gasteiger partial charge on any atom is -0.481 e. The Balaban J connectivity index is 2.64. The first-order chi connectivity index (χ1) is 5.59. The van der Waals surface area contributed by atoms with Crippen LogP contribution in [0.15, 0.2) is 12.3 Å². The first-order valence-electron chi connectivity index (χ1n) is 3.50. The lowest BCUT2D eigenvalue weighted by Crippen LogP contribution is -2.14. The fourth-order valence-corrected chi connectivity index (χ4v) is 0.950. The molecule has 0 aliphatic carbocycles. The van der Waals surface area contributed by atoms with Crippen molar-refractivity contribution >= 4 is 11.8 Å². The van der Waals surface area contributed by atoms with E-state index in [0.717, 1.165) is 5.56 Å². The number of aliphatic carboxylic acids is 1. The molecule has 5 nitrogen and oxygen atoms in total. The monoisotopic (exact) mass is 169 g/mol. The van der Waals surface area contributed by atoms with E-state index in [-0.39, 0.29) is 6.42 Å². The minimum atomic E-state index is -0.915. The maximum Gasteiger partial charge on any atom is 0.305 e. The number of hydrogen-bond acceptors (Lipinski definition) is 3. The molecule has 1 rings (SSSR count). The molecule has 0 fully saturated rings. The van der Waals surface area contributed by atoms with Crippen molar-refractivity contribution in [3.05, 3.63) is 17.8 Å². The normalized spacial score (nSPS) is 12.8. The Morgan fingerprint density at radius 3 is 2.83 bits per heavy atom. The predicted octanol–water partition coefficient (Wildman–Crippen LogP) is 0.0714. The van der Waals surface area contributed by atoms with Crippen LogP contribution in [0.1, 0.15) is 18.0 Å². The number of nitrogens with one attached hydrogen (secondary N) is 1. The SMILES string of the molecule is Nc1cc([C@@H](N)CC(=O)O)c[nH]1. The molecule has 0 saturated heterocycles. The van der Waals surface area contributed by atoms with Crippen LogP contribution in [0.4, 0.5) is 5.82 Å². The first-order valence-corrected chi connectivity index (χ1v) is 3.50. The highest BCUT2D eigenvalue weighted by Gasteiger charge is 2.11. The highest BCUT2D eigenvalue weighted by atomic mass is 16.4. The molecule has 1 aromatic heterocycles. The predicted molar refractivity (Wildman–Crippen MR) is 44.4 cm³/mol. The maximum absolute atomic E-state index is 10.3. The molecule has 0 aliphatic rings. The number of H-pyrrole nitrogens is 1. The summed E-state index contributed by atoms with van der Waals surface area (Å²) in [4.78, 5) is 13.0. The highest BCUT2D eigenvalue weighted by Crippen LogP contribution is 2.15. The number of aromatic nitrogens is 1. The van der Waals surface area contributed by atoms with Gasteiger partial charge in [-0.05, 0) is 11.6 Å². The van der Waals surface area contributed by atoms with E-state index >= 15 is 0 Å². The Kier molecular flexibility index (Phi) is 2.35. The fraction of sp³-hybridized carbons (Fsp3) is 0.286. The van der Waals surface area contributed by atoms with Gasteiger partial charge in [0, 0.05) is 12.2 Å². The maximum atomic E-state index is 10.3. The molecule has 0 spiro atoms. The minimum absolute atomic E-state index is 0.0860. The van der Waals surface area contributed by atoms with Crippen LogP contribution in [0.3, 0.4) is 0 Å². The van der Waals surface area contributed by atoms with Crippen LogP contribution in [0, 0.1) is 0 Å². The Bertz CT molecular complexity index is 282. The third kappa shape index (κ3) is 2.00. The van der Waals surface area contributed by atoms with E-state index < -0.39 is 12.0 Å². The molecule has 0 aromatic carbocycles. The molecule has 0 unspecified atom stereocenters. The van der Waals surface area contributed by atoms with Gasteiger partial charge in [0.15, 0.2) is 0 Å². The van der Waals surface area contributed by atoms with Crippen LogP contribution in [-0.4, -0.2) is 16.1 Å². The molecule has 1 aromatic rings. The van der Waals surface area contributed by atoms with Crippen LogP contribution in [0.2, 0.25) is 0 Å². The molecular formula is C7H11N3O2. The van der Waals surface area contributed by atoms with Gasteiger partial charge in [-0.1, -0.05) is 0 Å². The Morgan fingerprint density at radius 2 is 2.42 bits per heavy atom. The summed E-state index contributed by atoms with van der Waals surface area (Å²) in [6.07, 6.45) is 1.53. The molecule has 5 heteroatoms. The third-order valence-electron chi connectivity index (χ3n) is 1.55. The summed E-state index contributed by atoms with van der Waals surface area (Å²) >= 11 is 0. The van der Waals surface area contributed by atoms with Crippen molar-refractivity contribution in [2.75, 3.05) is 5.73 Å². The molecule has 0 aliphatic heterocycles. The van der Waals surface area contributed by atoms with Gasteiger partial charge in [-0.15, -0.1) is 0 Å². The van der Waals surface area contributed by atoms with Crippen LogP contribution in [0.5, 0.6) is 0 Å². The quantitative estimate of drug-likeness (QED) is 0.513. The fourth-order valence-electron chi connectivity index (χ4n) is 0.950. The van der Waals surface area contributed by atoms with Gasteiger partial charge in [0.25, 0.3) is 0 Å². The molecule has 1 heterocycles. The largest absolute Gasteiger partial charge is 0.481 e. The zero-order chi connectivity index (χ0) is 9.14. The van der Waals surface area contributed by atoms with Gasteiger partial charge in [-0.3, -0.25) is 4.79 Å². The van der Waals surface area contributed by atoms with Crippen molar-refractivity contribution in [3.63, 3.8) is 0 Å². The van der Waals surface area contributed by atoms with E-state index in [4.69, 9.17) is 16.6 Å². The third-order valence-corrected chi connectivity index (χ3v) is 1.55. The van der Waals surface area contributed by atoms with Crippen molar-refractivity contribution in [2.45, 2.75) is 12.5 Å². The Hall–Kier alpha value is -1.49. The van der Waals surface area contributed by atoms with Crippen molar-refractivity contribution in [1.29, 1.82) is 0 Å². The molecule has 0 amide bonds. The average Bonchev–Trinajstić information content (AvgIpc) is 2.34. The van der Waals surface area contributed by atoms with Gasteiger partial charge < -0.3 is 21.6 Å². The van der Waals surface area contributed by atoms with Crippen molar-refractivity contribution < 1.29 is 9.90 Å². The number of carboxylic acid groups (broad SMARTS) is 1. The van der Waals surface area contributed by atoms with E-state index in [1.807, 2.05) is 0 Å². The Morgan fingerprint density at radius 1 is 1.75 bits per heavy atom. The van der Waals surface area contributed by atoms with Crippen molar-refractivity contribution in [1.82, 2.24) is 4.98 Å². The lowest BCUT2D eigenvalue weighted by molar-refractivity contribution is -0.137. The zero-order valence-corrected chi connectivity index (χ0v) is 6.45. The molecule has 66 valence electrons. The summed E-state index contributed by atoms with van der Waals surface area (Å²) in [7, 11) is 0. The van der Waals surface area contributed by atoms with Gasteiger partial charge in [-0.2, -0.15) is 0 Å². The zero-order valence-electron chi connectivity index (χ0n) is 6.45. The second-order valence-corrected chi connectivity index (χ2v) is 2.59. The lowest BCUT2D eigenvalue weighted by atomic mass is 10.1. The van der Waals surface area contributed by atoms with Gasteiger partial charge >= 0.3 is 5.97 Å². The molecule has 1 atom stereocenters. The summed E-state index contributed by atoms with van der Waals surface area (Å²) in [6.45, 7) is 0. The van der Waals surface area contributed by atoms with Crippen molar-refractivity contribution in [3.8, 4) is 0 Å². The van der Waals surface area contributed by atoms with E-state index in [1.165, 1.54) is 0 Å². The smallest absolute Gasteiger partial charge is 0.305 e. The lowest BCUT2D eigenvalue weighted by Gasteiger charge is -2.04. The summed E-state index contributed by atoms with van der Waals surface area (Å²) in [6, 6.07) is 1.14. The number of carboxylic acids is 1. The average molecular weight is 169 g/mol. The summed E-state index contributed by atoms with van der Waals surface area (Å²) in [5, 5.41) is 8.43. The number of anilines is 1. The van der Waals surface area contributed by atoms with Gasteiger partial charge in [0.2, 0.25) is 0 Å². The van der Waals surface area contributed by atoms with E-state index in [1.54, 1.807) is 12.3 Å². The molecule has 0 bridgehead atoms. The number of hydrogen-bond donors (Lipinski definition) is 4. The summed E-state index contributed by atoms with van der Waals surface area (Å²) in [5.41, 5.74) is 11.7. The molecule has 0 radical (unpaired) electrons. The van der Waals surface area contributed by atoms with Gasteiger partial charge in [0.05, 0.1) is 6.42 Å². The summed E-state index contributed by atoms with van der Waals surface area (Å²) < 4.78 is 0. The van der Waals surface area contributed by atoms with E-state index in [0.29, 0.717) is 5.82 Å². The summed E-state index contributed by atoms with van der Waals surface area (Å²) in [5.74, 6) is -0.423. The van der Waals surface area contributed by atoms with Crippen LogP contribution in [0.25, 0.3) is 0 Å². The molecular weight excluding hydrogens is 158 g/mol. The number of carbonyl (C=O) groups is 1. The molecule has 6 N–H and O–H groups in total. The van der Waals surface area contributed by atoms with Crippen LogP contribution < -0.4 is 11.5 Å².